The average Bonchev–Trinajstić information content (AvgIpc) is 3.24. The SMILES string of the molecule is CCC(C)c1ccc(C(=O)OCC2(CC)CO2)c(C)c1. The second-order valence-electron chi connectivity index (χ2n) is 5.79. The van der Waals surface area contributed by atoms with Gasteiger partial charge in [0.15, 0.2) is 0 Å². The van der Waals surface area contributed by atoms with Crippen molar-refractivity contribution in [1.82, 2.24) is 0 Å². The minimum absolute atomic E-state index is 0.208. The molecular formula is C17H24O3. The fourth-order valence-electron chi connectivity index (χ4n) is 2.22. The van der Waals surface area contributed by atoms with E-state index in [4.69, 9.17) is 9.47 Å². The summed E-state index contributed by atoms with van der Waals surface area (Å²) < 4.78 is 10.7. The number of rotatable bonds is 6. The van der Waals surface area contributed by atoms with E-state index in [9.17, 15) is 4.79 Å². The lowest BCUT2D eigenvalue weighted by Crippen LogP contribution is -2.21. The first kappa shape index (κ1) is 15.0. The van der Waals surface area contributed by atoms with Crippen LogP contribution in [0.2, 0.25) is 0 Å². The molecule has 1 aromatic rings. The van der Waals surface area contributed by atoms with Crippen molar-refractivity contribution in [2.75, 3.05) is 13.2 Å². The van der Waals surface area contributed by atoms with E-state index in [1.807, 2.05) is 26.0 Å². The van der Waals surface area contributed by atoms with Crippen LogP contribution in [0.3, 0.4) is 0 Å². The highest BCUT2D eigenvalue weighted by molar-refractivity contribution is 5.91. The third-order valence-electron chi connectivity index (χ3n) is 4.32. The number of epoxide rings is 1. The Hall–Kier alpha value is -1.35. The topological polar surface area (TPSA) is 38.8 Å². The fourth-order valence-corrected chi connectivity index (χ4v) is 2.22. The van der Waals surface area contributed by atoms with Gasteiger partial charge in [-0.15, -0.1) is 0 Å². The van der Waals surface area contributed by atoms with Gasteiger partial charge in [0, 0.05) is 0 Å². The van der Waals surface area contributed by atoms with Gasteiger partial charge in [0.2, 0.25) is 0 Å². The number of hydrogen-bond donors (Lipinski definition) is 0. The third-order valence-corrected chi connectivity index (χ3v) is 4.32. The molecule has 0 aromatic heterocycles. The quantitative estimate of drug-likeness (QED) is 0.585. The second-order valence-corrected chi connectivity index (χ2v) is 5.79. The summed E-state index contributed by atoms with van der Waals surface area (Å²) in [6.07, 6.45) is 1.98. The Morgan fingerprint density at radius 2 is 2.15 bits per heavy atom. The zero-order valence-electron chi connectivity index (χ0n) is 12.9. The molecule has 3 nitrogen and oxygen atoms in total. The van der Waals surface area contributed by atoms with Gasteiger partial charge in [-0.1, -0.05) is 32.9 Å². The maximum Gasteiger partial charge on any atom is 0.338 e. The van der Waals surface area contributed by atoms with Crippen LogP contribution < -0.4 is 0 Å². The van der Waals surface area contributed by atoms with Crippen LogP contribution in [-0.4, -0.2) is 24.8 Å². The van der Waals surface area contributed by atoms with Crippen LogP contribution in [0.25, 0.3) is 0 Å². The Balaban J connectivity index is 2.03. The van der Waals surface area contributed by atoms with Gasteiger partial charge in [-0.05, 0) is 42.9 Å². The number of benzene rings is 1. The Morgan fingerprint density at radius 3 is 2.65 bits per heavy atom. The molecule has 20 heavy (non-hydrogen) atoms. The molecule has 0 saturated carbocycles. The molecule has 1 aliphatic rings. The number of carbonyl (C=O) groups is 1. The van der Waals surface area contributed by atoms with Gasteiger partial charge in [-0.2, -0.15) is 0 Å². The van der Waals surface area contributed by atoms with Crippen LogP contribution in [0.15, 0.2) is 18.2 Å². The third kappa shape index (κ3) is 3.21. The molecule has 1 saturated heterocycles. The highest BCUT2D eigenvalue weighted by Gasteiger charge is 2.44. The van der Waals surface area contributed by atoms with Crippen LogP contribution in [0.5, 0.6) is 0 Å². The minimum atomic E-state index is -0.249. The number of ether oxygens (including phenoxy) is 2. The van der Waals surface area contributed by atoms with Gasteiger partial charge in [0.05, 0.1) is 12.2 Å². The molecule has 110 valence electrons. The van der Waals surface area contributed by atoms with E-state index >= 15 is 0 Å². The largest absolute Gasteiger partial charge is 0.459 e. The van der Waals surface area contributed by atoms with Crippen molar-refractivity contribution < 1.29 is 14.3 Å². The Bertz CT molecular complexity index is 489. The Morgan fingerprint density at radius 1 is 1.45 bits per heavy atom. The van der Waals surface area contributed by atoms with Crippen LogP contribution in [0, 0.1) is 6.92 Å². The van der Waals surface area contributed by atoms with Crippen molar-refractivity contribution in [3.63, 3.8) is 0 Å². The lowest BCUT2D eigenvalue weighted by Gasteiger charge is -2.14. The summed E-state index contributed by atoms with van der Waals surface area (Å²) in [5.74, 6) is 0.267. The predicted molar refractivity (Wildman–Crippen MR) is 79.1 cm³/mol. The van der Waals surface area contributed by atoms with Gasteiger partial charge in [0.1, 0.15) is 12.2 Å². The van der Waals surface area contributed by atoms with Crippen molar-refractivity contribution in [1.29, 1.82) is 0 Å². The minimum Gasteiger partial charge on any atom is -0.459 e. The van der Waals surface area contributed by atoms with E-state index in [0.29, 0.717) is 24.7 Å². The second kappa shape index (κ2) is 5.96. The molecule has 0 aliphatic carbocycles. The first-order chi connectivity index (χ1) is 9.51. The van der Waals surface area contributed by atoms with Gasteiger partial charge >= 0.3 is 5.97 Å². The molecule has 0 spiro atoms. The predicted octanol–water partition coefficient (Wildman–Crippen LogP) is 3.84. The monoisotopic (exact) mass is 276 g/mol. The maximum atomic E-state index is 12.1. The van der Waals surface area contributed by atoms with Crippen molar-refractivity contribution in [2.24, 2.45) is 0 Å². The summed E-state index contributed by atoms with van der Waals surface area (Å²) in [5.41, 5.74) is 2.70. The van der Waals surface area contributed by atoms with Crippen LogP contribution in [0.1, 0.15) is 61.0 Å². The molecule has 1 fully saturated rings. The smallest absolute Gasteiger partial charge is 0.338 e. The number of hydrogen-bond acceptors (Lipinski definition) is 3. The van der Waals surface area contributed by atoms with E-state index in [1.54, 1.807) is 0 Å². The molecule has 1 heterocycles. The summed E-state index contributed by atoms with van der Waals surface area (Å²) in [6.45, 7) is 9.43. The molecule has 1 aromatic carbocycles. The summed E-state index contributed by atoms with van der Waals surface area (Å²) in [6, 6.07) is 6.00. The van der Waals surface area contributed by atoms with E-state index < -0.39 is 0 Å². The molecule has 2 atom stereocenters. The Labute approximate surface area is 121 Å². The molecule has 0 bridgehead atoms. The van der Waals surface area contributed by atoms with Gasteiger partial charge < -0.3 is 9.47 Å². The molecule has 3 heteroatoms. The molecular weight excluding hydrogens is 252 g/mol. The molecule has 1 aliphatic heterocycles. The maximum absolute atomic E-state index is 12.1. The first-order valence-electron chi connectivity index (χ1n) is 7.43. The summed E-state index contributed by atoms with van der Waals surface area (Å²) in [5, 5.41) is 0. The van der Waals surface area contributed by atoms with Crippen LogP contribution in [-0.2, 0) is 9.47 Å². The Kier molecular flexibility index (Phi) is 4.48. The lowest BCUT2D eigenvalue weighted by molar-refractivity contribution is 0.0389. The molecule has 0 radical (unpaired) electrons. The lowest BCUT2D eigenvalue weighted by atomic mass is 9.95. The summed E-state index contributed by atoms with van der Waals surface area (Å²) in [7, 11) is 0. The zero-order chi connectivity index (χ0) is 14.8. The molecule has 0 N–H and O–H groups in total. The van der Waals surface area contributed by atoms with E-state index in [1.165, 1.54) is 5.56 Å². The van der Waals surface area contributed by atoms with Crippen LogP contribution in [0.4, 0.5) is 0 Å². The highest BCUT2D eigenvalue weighted by atomic mass is 16.6. The number of carbonyl (C=O) groups excluding carboxylic acids is 1. The van der Waals surface area contributed by atoms with Gasteiger partial charge in [-0.3, -0.25) is 0 Å². The van der Waals surface area contributed by atoms with Crippen molar-refractivity contribution in [2.45, 2.75) is 52.1 Å². The molecule has 2 rings (SSSR count). The zero-order valence-corrected chi connectivity index (χ0v) is 12.9. The van der Waals surface area contributed by atoms with Crippen LogP contribution >= 0.6 is 0 Å². The van der Waals surface area contributed by atoms with E-state index in [0.717, 1.165) is 18.4 Å². The van der Waals surface area contributed by atoms with Crippen molar-refractivity contribution >= 4 is 5.97 Å². The normalized spacial score (nSPS) is 22.4. The molecule has 2 unspecified atom stereocenters. The number of esters is 1. The molecule has 0 amide bonds. The van der Waals surface area contributed by atoms with Crippen molar-refractivity contribution in [3.8, 4) is 0 Å². The summed E-state index contributed by atoms with van der Waals surface area (Å²) >= 11 is 0. The van der Waals surface area contributed by atoms with E-state index in [2.05, 4.69) is 19.9 Å². The first-order valence-corrected chi connectivity index (χ1v) is 7.43. The highest BCUT2D eigenvalue weighted by Crippen LogP contribution is 2.31. The van der Waals surface area contributed by atoms with Gasteiger partial charge in [-0.25, -0.2) is 4.79 Å². The fraction of sp³-hybridized carbons (Fsp3) is 0.588. The standard InChI is InChI=1S/C17H24O3/c1-5-12(3)14-7-8-15(13(4)9-14)16(18)19-10-17(6-2)11-20-17/h7-9,12H,5-6,10-11H2,1-4H3. The number of aryl methyl sites for hydroxylation is 1. The average molecular weight is 276 g/mol. The van der Waals surface area contributed by atoms with Gasteiger partial charge in [0.25, 0.3) is 0 Å². The summed E-state index contributed by atoms with van der Waals surface area (Å²) in [4.78, 5) is 12.1. The van der Waals surface area contributed by atoms with E-state index in [-0.39, 0.29) is 11.6 Å². The van der Waals surface area contributed by atoms with Crippen molar-refractivity contribution in [3.05, 3.63) is 34.9 Å².